The Morgan fingerprint density at radius 1 is 0.611 bits per heavy atom. The summed E-state index contributed by atoms with van der Waals surface area (Å²) in [6, 6.07) is -6.07. The number of carbonyl (C=O) groups excluding carboxylic acids is 6. The molecule has 8 N–H and O–H groups in total. The highest BCUT2D eigenvalue weighted by Gasteiger charge is 2.36. The third-order valence-corrected chi connectivity index (χ3v) is 11.6. The quantitative estimate of drug-likeness (QED) is 0.231. The molecule has 4 amide bonds. The van der Waals surface area contributed by atoms with Crippen LogP contribution < -0.4 is 32.7 Å². The number of rotatable bonds is 6. The van der Waals surface area contributed by atoms with Crippen molar-refractivity contribution in [1.29, 1.82) is 0 Å². The molecule has 0 fully saturated rings. The fraction of sp³-hybridized carbons (Fsp3) is 0.667. The number of cyclic esters (lactones) is 2. The Morgan fingerprint density at radius 2 is 0.944 bits per heavy atom. The molecule has 0 spiro atoms. The number of hydrogen-bond acceptors (Lipinski definition) is 14. The van der Waals surface area contributed by atoms with Crippen molar-refractivity contribution in [2.75, 3.05) is 0 Å². The molecule has 0 aromatic carbocycles. The van der Waals surface area contributed by atoms with Gasteiger partial charge < -0.3 is 42.2 Å². The van der Waals surface area contributed by atoms with E-state index < -0.39 is 84.0 Å². The lowest BCUT2D eigenvalue weighted by Gasteiger charge is -2.28. The number of amides is 4. The summed E-state index contributed by atoms with van der Waals surface area (Å²) >= 11 is 2.29. The van der Waals surface area contributed by atoms with Gasteiger partial charge >= 0.3 is 11.9 Å². The van der Waals surface area contributed by atoms with Gasteiger partial charge in [-0.15, -0.1) is 22.7 Å². The number of hydrogen-bond donors (Lipinski definition) is 6. The van der Waals surface area contributed by atoms with E-state index in [4.69, 9.17) is 20.9 Å². The van der Waals surface area contributed by atoms with E-state index >= 15 is 0 Å². The maximum atomic E-state index is 13.5. The summed E-state index contributed by atoms with van der Waals surface area (Å²) in [4.78, 5) is 89.7. The molecule has 2 aromatic rings. The van der Waals surface area contributed by atoms with Crippen molar-refractivity contribution in [3.8, 4) is 0 Å². The van der Waals surface area contributed by atoms with Crippen molar-refractivity contribution in [1.82, 2.24) is 31.2 Å². The maximum absolute atomic E-state index is 13.5. The van der Waals surface area contributed by atoms with Gasteiger partial charge in [0.25, 0.3) is 11.8 Å². The zero-order valence-corrected chi connectivity index (χ0v) is 34.3. The summed E-state index contributed by atoms with van der Waals surface area (Å²) in [7, 11) is 0. The molecule has 54 heavy (non-hydrogen) atoms. The van der Waals surface area contributed by atoms with Gasteiger partial charge in [-0.2, -0.15) is 0 Å². The number of nitrogens with one attached hydrogen (secondary N) is 4. The first-order chi connectivity index (χ1) is 25.3. The lowest BCUT2D eigenvalue weighted by atomic mass is 9.98. The molecule has 3 rings (SSSR count). The Kier molecular flexibility index (Phi) is 16.1. The summed E-state index contributed by atoms with van der Waals surface area (Å²) < 4.78 is 11.3. The number of aromatic nitrogens is 2. The van der Waals surface area contributed by atoms with Gasteiger partial charge in [-0.05, 0) is 37.5 Å². The normalized spacial score (nSPS) is 28.3. The van der Waals surface area contributed by atoms with E-state index in [-0.39, 0.29) is 35.1 Å². The third kappa shape index (κ3) is 11.0. The van der Waals surface area contributed by atoms with E-state index in [0.717, 1.165) is 22.7 Å². The topological polar surface area (TPSA) is 247 Å². The SMILES string of the molecule is CCC(C)C1NC(=O)c2csc(n2)C(C(C)C)NC(=O)C(N)C(C)OC(=O)C(C(C)CC)NC(=O)c2csc(n2)C(C(C)C)NC(=O)C(N)C(C)OC1=O. The fourth-order valence-corrected chi connectivity index (χ4v) is 7.49. The first-order valence-corrected chi connectivity index (χ1v) is 20.1. The second-order valence-corrected chi connectivity index (χ2v) is 16.4. The molecule has 0 saturated heterocycles. The van der Waals surface area contributed by atoms with Gasteiger partial charge in [-0.1, -0.05) is 68.2 Å². The van der Waals surface area contributed by atoms with Crippen LogP contribution in [0.5, 0.6) is 0 Å². The molecule has 1 aliphatic heterocycles. The molecule has 18 heteroatoms. The standard InChI is InChI=1S/C36H56N8O8S2/c1-11-17(7)27-35(49)51-19(9)23(37)31(47)41-26(16(5)6)34-40-22(14-54-34)30(46)44-28(18(8)12-2)36(50)52-20(10)24(38)32(48)42-25(15(3)4)33-39-21(13-53-33)29(45)43-27/h13-20,23-28H,11-12,37-38H2,1-10H3,(H,41,47)(H,42,48)(H,43,45)(H,44,46). The summed E-state index contributed by atoms with van der Waals surface area (Å²) in [5.74, 6) is -5.13. The molecule has 0 radical (unpaired) electrons. The van der Waals surface area contributed by atoms with Gasteiger partial charge in [0, 0.05) is 10.8 Å². The molecule has 10 atom stereocenters. The van der Waals surface area contributed by atoms with Gasteiger partial charge in [0.05, 0.1) is 12.1 Å². The lowest BCUT2D eigenvalue weighted by Crippen LogP contribution is -2.53. The van der Waals surface area contributed by atoms with Crippen LogP contribution in [0.15, 0.2) is 10.8 Å². The van der Waals surface area contributed by atoms with Crippen molar-refractivity contribution in [3.63, 3.8) is 0 Å². The Bertz CT molecular complexity index is 1530. The highest BCUT2D eigenvalue weighted by atomic mass is 32.1. The Labute approximate surface area is 324 Å². The summed E-state index contributed by atoms with van der Waals surface area (Å²) in [6.07, 6.45) is -1.14. The molecule has 10 unspecified atom stereocenters. The zero-order valence-electron chi connectivity index (χ0n) is 32.6. The van der Waals surface area contributed by atoms with Crippen molar-refractivity contribution >= 4 is 58.2 Å². The van der Waals surface area contributed by atoms with E-state index in [1.54, 1.807) is 13.8 Å². The molecule has 2 aromatic heterocycles. The summed E-state index contributed by atoms with van der Waals surface area (Å²) in [5.41, 5.74) is 12.6. The van der Waals surface area contributed by atoms with Gasteiger partial charge in [0.2, 0.25) is 11.8 Å². The van der Waals surface area contributed by atoms with E-state index in [1.807, 2.05) is 41.5 Å². The second kappa shape index (κ2) is 19.5. The van der Waals surface area contributed by atoms with Crippen LogP contribution in [-0.2, 0) is 28.7 Å². The van der Waals surface area contributed by atoms with E-state index in [1.165, 1.54) is 24.6 Å². The highest BCUT2D eigenvalue weighted by Crippen LogP contribution is 2.27. The van der Waals surface area contributed by atoms with Crippen LogP contribution in [0.25, 0.3) is 0 Å². The van der Waals surface area contributed by atoms with Gasteiger partial charge in [-0.25, -0.2) is 19.6 Å². The highest BCUT2D eigenvalue weighted by molar-refractivity contribution is 7.10. The average molecular weight is 793 g/mol. The molecule has 0 saturated carbocycles. The third-order valence-electron chi connectivity index (χ3n) is 9.70. The van der Waals surface area contributed by atoms with Crippen molar-refractivity contribution in [3.05, 3.63) is 32.2 Å². The number of ether oxygens (including phenoxy) is 2. The van der Waals surface area contributed by atoms with E-state index in [9.17, 15) is 28.8 Å². The molecule has 300 valence electrons. The first kappa shape index (κ1) is 44.4. The van der Waals surface area contributed by atoms with Crippen LogP contribution >= 0.6 is 22.7 Å². The minimum Gasteiger partial charge on any atom is -0.459 e. The number of nitrogens with two attached hydrogens (primary N) is 2. The smallest absolute Gasteiger partial charge is 0.329 e. The number of thiazole rings is 2. The minimum absolute atomic E-state index is 0.0244. The molecule has 4 bridgehead atoms. The molecular weight excluding hydrogens is 737 g/mol. The molecule has 16 nitrogen and oxygen atoms in total. The fourth-order valence-electron chi connectivity index (χ4n) is 5.45. The van der Waals surface area contributed by atoms with Crippen LogP contribution in [-0.4, -0.2) is 81.9 Å². The lowest BCUT2D eigenvalue weighted by molar-refractivity contribution is -0.155. The van der Waals surface area contributed by atoms with Crippen molar-refractivity contribution in [2.24, 2.45) is 35.1 Å². The van der Waals surface area contributed by atoms with Crippen LogP contribution in [0.4, 0.5) is 0 Å². The van der Waals surface area contributed by atoms with Crippen molar-refractivity contribution in [2.45, 2.75) is 131 Å². The van der Waals surface area contributed by atoms with Crippen LogP contribution in [0.2, 0.25) is 0 Å². The van der Waals surface area contributed by atoms with E-state index in [2.05, 4.69) is 31.2 Å². The molecule has 0 aliphatic carbocycles. The molecule has 1 aliphatic rings. The Balaban J connectivity index is 2.03. The Morgan fingerprint density at radius 3 is 1.24 bits per heavy atom. The predicted octanol–water partition coefficient (Wildman–Crippen LogP) is 2.75. The average Bonchev–Trinajstić information content (AvgIpc) is 3.82. The second-order valence-electron chi connectivity index (χ2n) is 14.6. The maximum Gasteiger partial charge on any atom is 0.329 e. The van der Waals surface area contributed by atoms with Crippen LogP contribution in [0.1, 0.15) is 125 Å². The van der Waals surface area contributed by atoms with E-state index in [0.29, 0.717) is 22.9 Å². The van der Waals surface area contributed by atoms with Gasteiger partial charge in [0.15, 0.2) is 0 Å². The number of esters is 2. The summed E-state index contributed by atoms with van der Waals surface area (Å²) in [6.45, 7) is 17.7. The monoisotopic (exact) mass is 792 g/mol. The van der Waals surface area contributed by atoms with Crippen molar-refractivity contribution < 1.29 is 38.2 Å². The molecule has 3 heterocycles. The van der Waals surface area contributed by atoms with Crippen LogP contribution in [0.3, 0.4) is 0 Å². The predicted molar refractivity (Wildman–Crippen MR) is 204 cm³/mol. The van der Waals surface area contributed by atoms with Gasteiger partial charge in [-0.3, -0.25) is 19.2 Å². The first-order valence-electron chi connectivity index (χ1n) is 18.4. The largest absolute Gasteiger partial charge is 0.459 e. The number of carbonyl (C=O) groups is 6. The summed E-state index contributed by atoms with van der Waals surface area (Å²) in [5, 5.41) is 15.1. The zero-order chi connectivity index (χ0) is 40.6. The van der Waals surface area contributed by atoms with Gasteiger partial charge in [0.1, 0.15) is 57.8 Å². The molecular formula is C36H56N8O8S2. The number of nitrogens with zero attached hydrogens (tertiary/aromatic N) is 2. The Hall–Kier alpha value is -4.00. The number of fused-ring (bicyclic) bond motifs is 4. The van der Waals surface area contributed by atoms with Crippen LogP contribution in [0, 0.1) is 23.7 Å². The minimum atomic E-state index is -1.29.